The van der Waals surface area contributed by atoms with E-state index in [1.165, 1.54) is 12.1 Å². The third-order valence-corrected chi connectivity index (χ3v) is 2.80. The lowest BCUT2D eigenvalue weighted by Crippen LogP contribution is -3.00. The second-order valence-electron chi connectivity index (χ2n) is 4.12. The first-order chi connectivity index (χ1) is 9.59. The second kappa shape index (κ2) is 7.26. The maximum absolute atomic E-state index is 11.3. The first-order valence-electron chi connectivity index (χ1n) is 5.92. The van der Waals surface area contributed by atoms with Gasteiger partial charge in [-0.15, -0.1) is 0 Å². The van der Waals surface area contributed by atoms with Gasteiger partial charge in [-0.25, -0.2) is 9.59 Å². The van der Waals surface area contributed by atoms with E-state index in [-0.39, 0.29) is 23.5 Å². The van der Waals surface area contributed by atoms with E-state index < -0.39 is 11.9 Å². The number of aromatic carboxylic acids is 2. The summed E-state index contributed by atoms with van der Waals surface area (Å²) in [7, 11) is 0. The Balaban J connectivity index is 0.00000220. The molecule has 0 fully saturated rings. The molecule has 0 saturated carbocycles. The van der Waals surface area contributed by atoms with Gasteiger partial charge in [-0.05, 0) is 17.2 Å². The smallest absolute Gasteiger partial charge is 0.337 e. The highest BCUT2D eigenvalue weighted by Crippen LogP contribution is 2.18. The van der Waals surface area contributed by atoms with E-state index >= 15 is 0 Å². The Morgan fingerprint density at radius 3 is 2.05 bits per heavy atom. The number of hydrogen-bond donors (Lipinski definition) is 2. The van der Waals surface area contributed by atoms with Gasteiger partial charge < -0.3 is 22.6 Å². The molecule has 108 valence electrons. The van der Waals surface area contributed by atoms with Crippen LogP contribution in [0.1, 0.15) is 31.8 Å². The number of hydrogen-bond acceptors (Lipinski definition) is 2. The molecule has 0 saturated heterocycles. The van der Waals surface area contributed by atoms with Crippen LogP contribution in [0, 0.1) is 0 Å². The summed E-state index contributed by atoms with van der Waals surface area (Å²) in [6.07, 6.45) is 3.35. The molecule has 2 aromatic carbocycles. The molecule has 5 heteroatoms. The zero-order valence-corrected chi connectivity index (χ0v) is 11.6. The minimum Gasteiger partial charge on any atom is -1.00 e. The van der Waals surface area contributed by atoms with Gasteiger partial charge in [0.05, 0.1) is 11.1 Å². The number of benzene rings is 2. The maximum Gasteiger partial charge on any atom is 0.337 e. The standard InChI is InChI=1S/C16H12O4.ClH/c17-15(18)13-8-4-7-12(14(13)16(19)20)10-9-11-5-2-1-3-6-11;/h1-10H,(H,17,18)(H,19,20);1H/p-1. The van der Waals surface area contributed by atoms with Crippen molar-refractivity contribution in [3.8, 4) is 0 Å². The van der Waals surface area contributed by atoms with E-state index in [4.69, 9.17) is 5.11 Å². The molecule has 0 spiro atoms. The monoisotopic (exact) mass is 303 g/mol. The predicted octanol–water partition coefficient (Wildman–Crippen LogP) is 0.257. The zero-order valence-electron chi connectivity index (χ0n) is 10.9. The van der Waals surface area contributed by atoms with E-state index in [0.29, 0.717) is 5.56 Å². The van der Waals surface area contributed by atoms with Gasteiger partial charge in [0.1, 0.15) is 0 Å². The molecule has 0 atom stereocenters. The van der Waals surface area contributed by atoms with Gasteiger partial charge in [-0.2, -0.15) is 0 Å². The largest absolute Gasteiger partial charge is 1.00 e. The van der Waals surface area contributed by atoms with Crippen LogP contribution in [0.3, 0.4) is 0 Å². The van der Waals surface area contributed by atoms with Crippen molar-refractivity contribution < 1.29 is 32.2 Å². The summed E-state index contributed by atoms with van der Waals surface area (Å²) in [6.45, 7) is 0. The van der Waals surface area contributed by atoms with Crippen LogP contribution in [-0.4, -0.2) is 22.2 Å². The van der Waals surface area contributed by atoms with E-state index in [2.05, 4.69) is 0 Å². The molecular formula is C16H12ClO4-. The van der Waals surface area contributed by atoms with Crippen molar-refractivity contribution in [2.45, 2.75) is 0 Å². The Hall–Kier alpha value is -2.59. The van der Waals surface area contributed by atoms with Gasteiger partial charge in [-0.1, -0.05) is 54.6 Å². The van der Waals surface area contributed by atoms with Crippen molar-refractivity contribution in [2.24, 2.45) is 0 Å². The van der Waals surface area contributed by atoms with E-state index in [1.807, 2.05) is 30.3 Å². The van der Waals surface area contributed by atoms with Crippen LogP contribution >= 0.6 is 0 Å². The molecular weight excluding hydrogens is 292 g/mol. The fourth-order valence-electron chi connectivity index (χ4n) is 1.88. The molecule has 0 bridgehead atoms. The third-order valence-electron chi connectivity index (χ3n) is 2.80. The van der Waals surface area contributed by atoms with E-state index in [9.17, 15) is 14.7 Å². The Kier molecular flexibility index (Phi) is 5.69. The molecule has 0 radical (unpaired) electrons. The highest BCUT2D eigenvalue weighted by molar-refractivity contribution is 6.04. The Bertz CT molecular complexity index is 678. The molecule has 2 N–H and O–H groups in total. The fraction of sp³-hybridized carbons (Fsp3) is 0. The van der Waals surface area contributed by atoms with Crippen LogP contribution in [0.4, 0.5) is 0 Å². The highest BCUT2D eigenvalue weighted by Gasteiger charge is 2.18. The average molecular weight is 304 g/mol. The van der Waals surface area contributed by atoms with E-state index in [0.717, 1.165) is 5.56 Å². The van der Waals surface area contributed by atoms with Gasteiger partial charge in [-0.3, -0.25) is 0 Å². The van der Waals surface area contributed by atoms with Crippen molar-refractivity contribution >= 4 is 24.1 Å². The van der Waals surface area contributed by atoms with Crippen molar-refractivity contribution in [3.63, 3.8) is 0 Å². The number of rotatable bonds is 4. The van der Waals surface area contributed by atoms with Crippen LogP contribution in [-0.2, 0) is 0 Å². The lowest BCUT2D eigenvalue weighted by atomic mass is 10.00. The molecule has 21 heavy (non-hydrogen) atoms. The summed E-state index contributed by atoms with van der Waals surface area (Å²) in [5.74, 6) is -2.51. The van der Waals surface area contributed by atoms with Gasteiger partial charge in [0.2, 0.25) is 0 Å². The number of halogens is 1. The van der Waals surface area contributed by atoms with Gasteiger partial charge >= 0.3 is 11.9 Å². The molecule has 0 unspecified atom stereocenters. The maximum atomic E-state index is 11.3. The Labute approximate surface area is 127 Å². The summed E-state index contributed by atoms with van der Waals surface area (Å²) in [6, 6.07) is 13.7. The zero-order chi connectivity index (χ0) is 14.5. The molecule has 0 aliphatic heterocycles. The molecule has 0 aliphatic rings. The molecule has 0 aliphatic carbocycles. The lowest BCUT2D eigenvalue weighted by Gasteiger charge is -2.05. The van der Waals surface area contributed by atoms with Crippen LogP contribution < -0.4 is 12.4 Å². The van der Waals surface area contributed by atoms with Crippen molar-refractivity contribution in [2.75, 3.05) is 0 Å². The molecule has 2 aromatic rings. The first-order valence-corrected chi connectivity index (χ1v) is 5.92. The number of carboxylic acids is 2. The molecule has 4 nitrogen and oxygen atoms in total. The summed E-state index contributed by atoms with van der Waals surface area (Å²) in [5, 5.41) is 18.2. The summed E-state index contributed by atoms with van der Waals surface area (Å²) in [4.78, 5) is 22.3. The van der Waals surface area contributed by atoms with Gasteiger partial charge in [0, 0.05) is 0 Å². The number of carboxylic acid groups (broad SMARTS) is 2. The van der Waals surface area contributed by atoms with E-state index in [1.54, 1.807) is 18.2 Å². The van der Waals surface area contributed by atoms with Crippen molar-refractivity contribution in [1.29, 1.82) is 0 Å². The summed E-state index contributed by atoms with van der Waals surface area (Å²) >= 11 is 0. The van der Waals surface area contributed by atoms with Gasteiger partial charge in [0.15, 0.2) is 0 Å². The second-order valence-corrected chi connectivity index (χ2v) is 4.12. The fourth-order valence-corrected chi connectivity index (χ4v) is 1.88. The van der Waals surface area contributed by atoms with Crippen molar-refractivity contribution in [3.05, 3.63) is 70.8 Å². The van der Waals surface area contributed by atoms with Crippen LogP contribution in [0.25, 0.3) is 12.2 Å². The SMILES string of the molecule is O=C(O)c1cccc(C=Cc2ccccc2)c1C(=O)O.[Cl-]. The average Bonchev–Trinajstić information content (AvgIpc) is 2.45. The normalized spacial score (nSPS) is 10.1. The molecule has 2 rings (SSSR count). The van der Waals surface area contributed by atoms with Crippen LogP contribution in [0.5, 0.6) is 0 Å². The minimum atomic E-state index is -1.25. The highest BCUT2D eigenvalue weighted by atomic mass is 35.5. The van der Waals surface area contributed by atoms with Crippen LogP contribution in [0.2, 0.25) is 0 Å². The lowest BCUT2D eigenvalue weighted by molar-refractivity contribution is -0.0000333. The van der Waals surface area contributed by atoms with Crippen LogP contribution in [0.15, 0.2) is 48.5 Å². The summed E-state index contributed by atoms with van der Waals surface area (Å²) in [5.41, 5.74) is 0.853. The number of carbonyl (C=O) groups is 2. The first kappa shape index (κ1) is 16.5. The summed E-state index contributed by atoms with van der Waals surface area (Å²) < 4.78 is 0. The van der Waals surface area contributed by atoms with Gasteiger partial charge in [0.25, 0.3) is 0 Å². The third kappa shape index (κ3) is 3.94. The Morgan fingerprint density at radius 2 is 1.48 bits per heavy atom. The Morgan fingerprint density at radius 1 is 0.810 bits per heavy atom. The molecule has 0 amide bonds. The molecule has 0 aromatic heterocycles. The van der Waals surface area contributed by atoms with Crippen molar-refractivity contribution in [1.82, 2.24) is 0 Å². The quantitative estimate of drug-likeness (QED) is 0.795. The molecule has 0 heterocycles. The topological polar surface area (TPSA) is 74.6 Å². The minimum absolute atomic E-state index is 0. The predicted molar refractivity (Wildman–Crippen MR) is 75.7 cm³/mol.